The largest absolute Gasteiger partial charge is 0.494 e. The van der Waals surface area contributed by atoms with Crippen molar-refractivity contribution in [3.05, 3.63) is 54.9 Å². The quantitative estimate of drug-likeness (QED) is 0.594. The molecule has 6 nitrogen and oxygen atoms in total. The number of benzene rings is 1. The van der Waals surface area contributed by atoms with Crippen molar-refractivity contribution in [2.24, 2.45) is 0 Å². The smallest absolute Gasteiger partial charge is 0.225 e. The molecule has 0 spiro atoms. The number of anilines is 3. The highest BCUT2D eigenvalue weighted by Gasteiger charge is 2.09. The lowest BCUT2D eigenvalue weighted by molar-refractivity contribution is 0.340. The Balaban J connectivity index is 1.89. The average molecular weight is 363 g/mol. The molecule has 0 bridgehead atoms. The zero-order valence-electron chi connectivity index (χ0n) is 15.9. The molecular formula is C21H25N5O. The summed E-state index contributed by atoms with van der Waals surface area (Å²) in [6.07, 6.45) is 4.52. The summed E-state index contributed by atoms with van der Waals surface area (Å²) in [4.78, 5) is 13.4. The van der Waals surface area contributed by atoms with Crippen molar-refractivity contribution in [3.63, 3.8) is 0 Å². The van der Waals surface area contributed by atoms with Crippen LogP contribution in [0.15, 0.2) is 54.9 Å². The van der Waals surface area contributed by atoms with Crippen molar-refractivity contribution in [1.82, 2.24) is 15.0 Å². The highest BCUT2D eigenvalue weighted by atomic mass is 16.5. The first-order valence-electron chi connectivity index (χ1n) is 9.23. The van der Waals surface area contributed by atoms with Crippen LogP contribution < -0.4 is 15.4 Å². The molecule has 0 amide bonds. The third kappa shape index (κ3) is 5.17. The van der Waals surface area contributed by atoms with E-state index in [1.54, 1.807) is 12.4 Å². The normalized spacial score (nSPS) is 11.7. The van der Waals surface area contributed by atoms with Crippen molar-refractivity contribution in [1.29, 1.82) is 0 Å². The first-order valence-corrected chi connectivity index (χ1v) is 9.23. The van der Waals surface area contributed by atoms with Crippen molar-refractivity contribution in [2.45, 2.75) is 33.2 Å². The third-order valence-electron chi connectivity index (χ3n) is 4.13. The maximum atomic E-state index is 5.49. The van der Waals surface area contributed by atoms with Gasteiger partial charge in [-0.15, -0.1) is 0 Å². The molecule has 0 aliphatic carbocycles. The molecule has 140 valence electrons. The number of aromatic nitrogens is 3. The summed E-state index contributed by atoms with van der Waals surface area (Å²) in [7, 11) is 0. The maximum Gasteiger partial charge on any atom is 0.225 e. The van der Waals surface area contributed by atoms with Gasteiger partial charge in [0.05, 0.1) is 12.3 Å². The topological polar surface area (TPSA) is 72.0 Å². The minimum atomic E-state index is 0.288. The van der Waals surface area contributed by atoms with E-state index in [0.717, 1.165) is 34.9 Å². The SMILES string of the molecule is CCOc1ccc(Nc2cc(-c3ccncc3)nc(N[C@@H](C)CC)n2)cc1. The van der Waals surface area contributed by atoms with Crippen LogP contribution in [0.3, 0.4) is 0 Å². The van der Waals surface area contributed by atoms with Gasteiger partial charge in [0.15, 0.2) is 0 Å². The van der Waals surface area contributed by atoms with E-state index >= 15 is 0 Å². The fraction of sp³-hybridized carbons (Fsp3) is 0.286. The van der Waals surface area contributed by atoms with E-state index in [-0.39, 0.29) is 6.04 Å². The zero-order chi connectivity index (χ0) is 19.1. The summed E-state index contributed by atoms with van der Waals surface area (Å²) >= 11 is 0. The minimum Gasteiger partial charge on any atom is -0.494 e. The van der Waals surface area contributed by atoms with Crippen LogP contribution in [-0.2, 0) is 0 Å². The van der Waals surface area contributed by atoms with E-state index in [1.807, 2.05) is 49.4 Å². The molecule has 1 aromatic carbocycles. The van der Waals surface area contributed by atoms with Crippen LogP contribution in [0, 0.1) is 0 Å². The molecule has 1 atom stereocenters. The van der Waals surface area contributed by atoms with E-state index in [1.165, 1.54) is 0 Å². The highest BCUT2D eigenvalue weighted by Crippen LogP contribution is 2.24. The Kier molecular flexibility index (Phi) is 6.20. The van der Waals surface area contributed by atoms with Gasteiger partial charge < -0.3 is 15.4 Å². The molecule has 3 rings (SSSR count). The second-order valence-electron chi connectivity index (χ2n) is 6.23. The predicted molar refractivity (Wildman–Crippen MR) is 110 cm³/mol. The van der Waals surface area contributed by atoms with Crippen LogP contribution in [0.5, 0.6) is 5.75 Å². The van der Waals surface area contributed by atoms with E-state index in [9.17, 15) is 0 Å². The fourth-order valence-corrected chi connectivity index (χ4v) is 2.52. The summed E-state index contributed by atoms with van der Waals surface area (Å²) in [5.74, 6) is 2.18. The first-order chi connectivity index (χ1) is 13.2. The Morgan fingerprint density at radius 2 is 1.74 bits per heavy atom. The molecule has 27 heavy (non-hydrogen) atoms. The van der Waals surface area contributed by atoms with Crippen molar-refractivity contribution < 1.29 is 4.74 Å². The molecular weight excluding hydrogens is 338 g/mol. The molecule has 0 saturated carbocycles. The lowest BCUT2D eigenvalue weighted by atomic mass is 10.2. The molecule has 6 heteroatoms. The number of ether oxygens (including phenoxy) is 1. The van der Waals surface area contributed by atoms with Gasteiger partial charge in [0.2, 0.25) is 5.95 Å². The number of nitrogens with one attached hydrogen (secondary N) is 2. The lowest BCUT2D eigenvalue weighted by Crippen LogP contribution is -2.16. The van der Waals surface area contributed by atoms with Gasteiger partial charge in [-0.1, -0.05) is 6.92 Å². The number of rotatable bonds is 8. The van der Waals surface area contributed by atoms with Crippen LogP contribution in [0.4, 0.5) is 17.5 Å². The van der Waals surface area contributed by atoms with Gasteiger partial charge in [0.25, 0.3) is 0 Å². The standard InChI is InChI=1S/C21H25N5O/c1-4-15(3)23-21-25-19(16-10-12-22-13-11-16)14-20(26-21)24-17-6-8-18(9-7-17)27-5-2/h6-15H,4-5H2,1-3H3,(H2,23,24,25,26)/t15-/m0/s1. The Hall–Kier alpha value is -3.15. The lowest BCUT2D eigenvalue weighted by Gasteiger charge is -2.15. The third-order valence-corrected chi connectivity index (χ3v) is 4.13. The monoisotopic (exact) mass is 363 g/mol. The van der Waals surface area contributed by atoms with Gasteiger partial charge in [0.1, 0.15) is 11.6 Å². The van der Waals surface area contributed by atoms with Crippen LogP contribution in [-0.4, -0.2) is 27.6 Å². The molecule has 0 radical (unpaired) electrons. The molecule has 0 saturated heterocycles. The predicted octanol–water partition coefficient (Wildman–Crippen LogP) is 4.89. The fourth-order valence-electron chi connectivity index (χ4n) is 2.52. The molecule has 2 aromatic heterocycles. The average Bonchev–Trinajstić information content (AvgIpc) is 2.70. The summed E-state index contributed by atoms with van der Waals surface area (Å²) in [6, 6.07) is 13.9. The minimum absolute atomic E-state index is 0.288. The summed E-state index contributed by atoms with van der Waals surface area (Å²) < 4.78 is 5.49. The molecule has 2 N–H and O–H groups in total. The number of hydrogen-bond acceptors (Lipinski definition) is 6. The number of nitrogens with zero attached hydrogens (tertiary/aromatic N) is 3. The van der Waals surface area contributed by atoms with Crippen molar-refractivity contribution in [2.75, 3.05) is 17.2 Å². The van der Waals surface area contributed by atoms with Gasteiger partial charge in [-0.2, -0.15) is 4.98 Å². The Morgan fingerprint density at radius 1 is 1.00 bits per heavy atom. The van der Waals surface area contributed by atoms with Crippen molar-refractivity contribution >= 4 is 17.5 Å². The molecule has 0 aliphatic rings. The number of pyridine rings is 1. The van der Waals surface area contributed by atoms with Crippen LogP contribution in [0.1, 0.15) is 27.2 Å². The molecule has 2 heterocycles. The molecule has 0 unspecified atom stereocenters. The summed E-state index contributed by atoms with van der Waals surface area (Å²) in [5, 5.41) is 6.71. The van der Waals surface area contributed by atoms with Gasteiger partial charge >= 0.3 is 0 Å². The van der Waals surface area contributed by atoms with E-state index < -0.39 is 0 Å². The number of hydrogen-bond donors (Lipinski definition) is 2. The van der Waals surface area contributed by atoms with Crippen LogP contribution >= 0.6 is 0 Å². The zero-order valence-corrected chi connectivity index (χ0v) is 15.9. The Morgan fingerprint density at radius 3 is 2.41 bits per heavy atom. The van der Waals surface area contributed by atoms with E-state index in [2.05, 4.69) is 39.4 Å². The second kappa shape index (κ2) is 8.98. The van der Waals surface area contributed by atoms with Gasteiger partial charge in [-0.25, -0.2) is 4.98 Å². The van der Waals surface area contributed by atoms with Crippen LogP contribution in [0.2, 0.25) is 0 Å². The van der Waals surface area contributed by atoms with Gasteiger partial charge in [-0.3, -0.25) is 4.98 Å². The Bertz CT molecular complexity index is 852. The van der Waals surface area contributed by atoms with E-state index in [0.29, 0.717) is 12.6 Å². The molecule has 0 aliphatic heterocycles. The van der Waals surface area contributed by atoms with Crippen molar-refractivity contribution in [3.8, 4) is 17.0 Å². The molecule has 3 aromatic rings. The highest BCUT2D eigenvalue weighted by molar-refractivity contribution is 5.67. The van der Waals surface area contributed by atoms with Crippen LogP contribution in [0.25, 0.3) is 11.3 Å². The van der Waals surface area contributed by atoms with E-state index in [4.69, 9.17) is 4.74 Å². The van der Waals surface area contributed by atoms with Gasteiger partial charge in [0, 0.05) is 35.8 Å². The first kappa shape index (κ1) is 18.6. The molecule has 0 fully saturated rings. The second-order valence-corrected chi connectivity index (χ2v) is 6.23. The van der Waals surface area contributed by atoms with Gasteiger partial charge in [-0.05, 0) is 56.7 Å². The summed E-state index contributed by atoms with van der Waals surface area (Å²) in [6.45, 7) is 6.86. The Labute approximate surface area is 160 Å². The summed E-state index contributed by atoms with van der Waals surface area (Å²) in [5.41, 5.74) is 2.77. The maximum absolute atomic E-state index is 5.49.